The van der Waals surface area contributed by atoms with Crippen molar-refractivity contribution in [2.24, 2.45) is 0 Å². The summed E-state index contributed by atoms with van der Waals surface area (Å²) in [6, 6.07) is 11.2. The smallest absolute Gasteiger partial charge is 0.157 e. The summed E-state index contributed by atoms with van der Waals surface area (Å²) >= 11 is 0. The van der Waals surface area contributed by atoms with Crippen LogP contribution in [-0.2, 0) is 6.42 Å². The van der Waals surface area contributed by atoms with Gasteiger partial charge in [-0.05, 0) is 42.7 Å². The van der Waals surface area contributed by atoms with Crippen molar-refractivity contribution in [3.8, 4) is 17.2 Å². The van der Waals surface area contributed by atoms with Gasteiger partial charge < -0.3 is 20.3 Å². The monoisotopic (exact) mass is 285 g/mol. The fourth-order valence-corrected chi connectivity index (χ4v) is 2.87. The van der Waals surface area contributed by atoms with Gasteiger partial charge in [0.25, 0.3) is 0 Å². The highest BCUT2D eigenvalue weighted by Gasteiger charge is 2.25. The highest BCUT2D eigenvalue weighted by Crippen LogP contribution is 2.38. The molecule has 0 spiro atoms. The van der Waals surface area contributed by atoms with Gasteiger partial charge in [0.2, 0.25) is 0 Å². The topological polar surface area (TPSA) is 61.7 Å². The number of hydrogen-bond donors (Lipinski definition) is 3. The van der Waals surface area contributed by atoms with Gasteiger partial charge in [0.1, 0.15) is 5.75 Å². The Kier molecular flexibility index (Phi) is 3.71. The molecule has 0 saturated heterocycles. The number of nitrogens with one attached hydrogen (secondary N) is 1. The van der Waals surface area contributed by atoms with E-state index in [2.05, 4.69) is 5.32 Å². The molecule has 1 aliphatic rings. The molecule has 0 saturated carbocycles. The standard InChI is InChI=1S/C17H19NO3/c1-2-21-16-6-4-3-5-12(16)17-13-10-15(20)14(19)9-11(13)7-8-18-17/h3-6,9-10,17-20H,2,7-8H2,1H3. The normalized spacial score (nSPS) is 17.3. The van der Waals surface area contributed by atoms with Gasteiger partial charge >= 0.3 is 0 Å². The highest BCUT2D eigenvalue weighted by atomic mass is 16.5. The van der Waals surface area contributed by atoms with Crippen LogP contribution in [0.4, 0.5) is 0 Å². The summed E-state index contributed by atoms with van der Waals surface area (Å²) in [5.74, 6) is 0.696. The average Bonchev–Trinajstić information content (AvgIpc) is 2.49. The van der Waals surface area contributed by atoms with Gasteiger partial charge in [0.15, 0.2) is 11.5 Å². The predicted molar refractivity (Wildman–Crippen MR) is 80.9 cm³/mol. The summed E-state index contributed by atoms with van der Waals surface area (Å²) in [6.45, 7) is 3.39. The number of para-hydroxylation sites is 1. The summed E-state index contributed by atoms with van der Waals surface area (Å²) < 4.78 is 5.71. The quantitative estimate of drug-likeness (QED) is 0.759. The van der Waals surface area contributed by atoms with Gasteiger partial charge in [0.05, 0.1) is 12.6 Å². The van der Waals surface area contributed by atoms with Crippen LogP contribution in [0.3, 0.4) is 0 Å². The Labute approximate surface area is 124 Å². The lowest BCUT2D eigenvalue weighted by Crippen LogP contribution is -2.30. The Morgan fingerprint density at radius 2 is 1.90 bits per heavy atom. The Morgan fingerprint density at radius 3 is 2.71 bits per heavy atom. The van der Waals surface area contributed by atoms with Crippen molar-refractivity contribution in [2.45, 2.75) is 19.4 Å². The third kappa shape index (κ3) is 2.54. The van der Waals surface area contributed by atoms with Crippen LogP contribution in [0.1, 0.15) is 29.7 Å². The molecule has 2 aromatic carbocycles. The molecule has 0 aliphatic carbocycles. The van der Waals surface area contributed by atoms with Crippen LogP contribution >= 0.6 is 0 Å². The molecule has 0 fully saturated rings. The Hall–Kier alpha value is -2.20. The van der Waals surface area contributed by atoms with Crippen molar-refractivity contribution >= 4 is 0 Å². The molecule has 1 aliphatic heterocycles. The lowest BCUT2D eigenvalue weighted by molar-refractivity contribution is 0.332. The zero-order chi connectivity index (χ0) is 14.8. The molecule has 4 nitrogen and oxygen atoms in total. The molecule has 0 aromatic heterocycles. The number of phenolic OH excluding ortho intramolecular Hbond substituents is 2. The lowest BCUT2D eigenvalue weighted by atomic mass is 9.89. The first-order chi connectivity index (χ1) is 10.2. The van der Waals surface area contributed by atoms with Crippen molar-refractivity contribution in [1.82, 2.24) is 5.32 Å². The van der Waals surface area contributed by atoms with Crippen LogP contribution in [0.25, 0.3) is 0 Å². The molecule has 1 heterocycles. The molecule has 3 N–H and O–H groups in total. The summed E-state index contributed by atoms with van der Waals surface area (Å²) in [5.41, 5.74) is 3.09. The molecule has 110 valence electrons. The van der Waals surface area contributed by atoms with Crippen LogP contribution in [-0.4, -0.2) is 23.4 Å². The van der Waals surface area contributed by atoms with Crippen LogP contribution in [0.5, 0.6) is 17.2 Å². The minimum Gasteiger partial charge on any atom is -0.504 e. The zero-order valence-corrected chi connectivity index (χ0v) is 12.0. The molecule has 0 bridgehead atoms. The van der Waals surface area contributed by atoms with Crippen LogP contribution < -0.4 is 10.1 Å². The number of fused-ring (bicyclic) bond motifs is 1. The van der Waals surface area contributed by atoms with E-state index in [0.29, 0.717) is 6.61 Å². The van der Waals surface area contributed by atoms with E-state index in [-0.39, 0.29) is 17.5 Å². The van der Waals surface area contributed by atoms with E-state index in [9.17, 15) is 10.2 Å². The largest absolute Gasteiger partial charge is 0.504 e. The number of ether oxygens (including phenoxy) is 1. The second-order valence-corrected chi connectivity index (χ2v) is 5.15. The summed E-state index contributed by atoms with van der Waals surface area (Å²) in [7, 11) is 0. The molecular weight excluding hydrogens is 266 g/mol. The first-order valence-electron chi connectivity index (χ1n) is 7.20. The van der Waals surface area contributed by atoms with Gasteiger partial charge in [0, 0.05) is 12.1 Å². The van der Waals surface area contributed by atoms with Gasteiger partial charge in [-0.2, -0.15) is 0 Å². The number of benzene rings is 2. The molecule has 21 heavy (non-hydrogen) atoms. The molecular formula is C17H19NO3. The predicted octanol–water partition coefficient (Wildman–Crippen LogP) is 2.73. The van der Waals surface area contributed by atoms with E-state index in [4.69, 9.17) is 4.74 Å². The SMILES string of the molecule is CCOc1ccccc1C1NCCc2cc(O)c(O)cc21. The summed E-state index contributed by atoms with van der Waals surface area (Å²) in [6.07, 6.45) is 0.830. The number of rotatable bonds is 3. The van der Waals surface area contributed by atoms with Gasteiger partial charge in [-0.3, -0.25) is 0 Å². The zero-order valence-electron chi connectivity index (χ0n) is 12.0. The van der Waals surface area contributed by atoms with Crippen LogP contribution in [0.15, 0.2) is 36.4 Å². The summed E-state index contributed by atoms with van der Waals surface area (Å²) in [5, 5.41) is 22.9. The molecule has 1 unspecified atom stereocenters. The fourth-order valence-electron chi connectivity index (χ4n) is 2.87. The van der Waals surface area contributed by atoms with Crippen molar-refractivity contribution in [1.29, 1.82) is 0 Å². The van der Waals surface area contributed by atoms with Gasteiger partial charge in [-0.25, -0.2) is 0 Å². The van der Waals surface area contributed by atoms with Crippen molar-refractivity contribution in [2.75, 3.05) is 13.2 Å². The second kappa shape index (κ2) is 5.66. The maximum Gasteiger partial charge on any atom is 0.157 e. The van der Waals surface area contributed by atoms with E-state index in [1.165, 1.54) is 0 Å². The van der Waals surface area contributed by atoms with Crippen LogP contribution in [0.2, 0.25) is 0 Å². The molecule has 0 radical (unpaired) electrons. The minimum absolute atomic E-state index is 0.0389. The van der Waals surface area contributed by atoms with Gasteiger partial charge in [-0.1, -0.05) is 18.2 Å². The Bertz CT molecular complexity index is 654. The van der Waals surface area contributed by atoms with E-state index in [1.807, 2.05) is 31.2 Å². The van der Waals surface area contributed by atoms with Crippen LogP contribution in [0, 0.1) is 0 Å². The number of hydrogen-bond acceptors (Lipinski definition) is 4. The molecule has 4 heteroatoms. The average molecular weight is 285 g/mol. The third-order valence-electron chi connectivity index (χ3n) is 3.82. The van der Waals surface area contributed by atoms with Crippen molar-refractivity contribution in [3.63, 3.8) is 0 Å². The first kappa shape index (κ1) is 13.8. The van der Waals surface area contributed by atoms with E-state index >= 15 is 0 Å². The van der Waals surface area contributed by atoms with E-state index in [0.717, 1.165) is 35.4 Å². The molecule has 3 rings (SSSR count). The molecule has 2 aromatic rings. The minimum atomic E-state index is -0.0867. The van der Waals surface area contributed by atoms with Gasteiger partial charge in [-0.15, -0.1) is 0 Å². The Balaban J connectivity index is 2.08. The highest BCUT2D eigenvalue weighted by molar-refractivity contribution is 5.52. The second-order valence-electron chi connectivity index (χ2n) is 5.15. The van der Waals surface area contributed by atoms with E-state index in [1.54, 1.807) is 12.1 Å². The lowest BCUT2D eigenvalue weighted by Gasteiger charge is -2.29. The maximum absolute atomic E-state index is 9.80. The summed E-state index contributed by atoms with van der Waals surface area (Å²) in [4.78, 5) is 0. The van der Waals surface area contributed by atoms with Crippen molar-refractivity contribution < 1.29 is 14.9 Å². The Morgan fingerprint density at radius 1 is 1.14 bits per heavy atom. The van der Waals surface area contributed by atoms with Crippen molar-refractivity contribution in [3.05, 3.63) is 53.1 Å². The molecule has 1 atom stereocenters. The third-order valence-corrected chi connectivity index (χ3v) is 3.82. The first-order valence-corrected chi connectivity index (χ1v) is 7.20. The number of phenols is 2. The molecule has 0 amide bonds. The number of aromatic hydroxyl groups is 2. The fraction of sp³-hybridized carbons (Fsp3) is 0.294. The maximum atomic E-state index is 9.80. The van der Waals surface area contributed by atoms with E-state index < -0.39 is 0 Å².